The van der Waals surface area contributed by atoms with Gasteiger partial charge in [0.15, 0.2) is 0 Å². The Morgan fingerprint density at radius 1 is 1.23 bits per heavy atom. The maximum Gasteiger partial charge on any atom is 0.270 e. The van der Waals surface area contributed by atoms with Crippen LogP contribution in [0.2, 0.25) is 0 Å². The molecule has 0 bridgehead atoms. The normalized spacial score (nSPS) is 10.9. The number of carbonyl (C=O) groups excluding carboxylic acids is 1. The number of hydrogen-bond acceptors (Lipinski definition) is 6. The van der Waals surface area contributed by atoms with Gasteiger partial charge < -0.3 is 14.5 Å². The molecule has 0 saturated heterocycles. The van der Waals surface area contributed by atoms with Gasteiger partial charge >= 0.3 is 0 Å². The first kappa shape index (κ1) is 20.4. The van der Waals surface area contributed by atoms with Crippen LogP contribution in [0.15, 0.2) is 70.7 Å². The molecule has 8 heteroatoms. The van der Waals surface area contributed by atoms with Gasteiger partial charge in [0, 0.05) is 30.3 Å². The maximum absolute atomic E-state index is 12.4. The predicted molar refractivity (Wildman–Crippen MR) is 109 cm³/mol. The van der Waals surface area contributed by atoms with Gasteiger partial charge in [-0.25, -0.2) is 0 Å². The van der Waals surface area contributed by atoms with Crippen molar-refractivity contribution in [3.8, 4) is 23.1 Å². The molecule has 0 unspecified atom stereocenters. The maximum atomic E-state index is 12.4. The number of nitro benzene ring substituents is 1. The van der Waals surface area contributed by atoms with Crippen LogP contribution in [0, 0.1) is 21.4 Å². The van der Waals surface area contributed by atoms with E-state index in [1.807, 2.05) is 12.1 Å². The third kappa shape index (κ3) is 4.91. The molecule has 0 aliphatic heterocycles. The molecule has 0 radical (unpaired) electrons. The minimum atomic E-state index is -0.548. The molecule has 8 nitrogen and oxygen atoms in total. The zero-order valence-corrected chi connectivity index (χ0v) is 16.0. The van der Waals surface area contributed by atoms with E-state index in [4.69, 9.17) is 9.15 Å². The van der Waals surface area contributed by atoms with E-state index in [2.05, 4.69) is 5.32 Å². The molecule has 2 aromatic carbocycles. The van der Waals surface area contributed by atoms with Crippen LogP contribution in [0.1, 0.15) is 11.3 Å². The zero-order chi connectivity index (χ0) is 21.5. The summed E-state index contributed by atoms with van der Waals surface area (Å²) in [4.78, 5) is 22.8. The summed E-state index contributed by atoms with van der Waals surface area (Å²) in [5, 5.41) is 22.9. The molecule has 0 saturated carbocycles. The van der Waals surface area contributed by atoms with Crippen molar-refractivity contribution in [2.24, 2.45) is 0 Å². The highest BCUT2D eigenvalue weighted by Gasteiger charge is 2.13. The smallest absolute Gasteiger partial charge is 0.270 e. The number of rotatable bonds is 7. The second kappa shape index (κ2) is 9.21. The van der Waals surface area contributed by atoms with Crippen LogP contribution in [0.5, 0.6) is 5.75 Å². The molecule has 3 aromatic rings. The summed E-state index contributed by atoms with van der Waals surface area (Å²) in [7, 11) is 1.56. The zero-order valence-electron chi connectivity index (χ0n) is 16.0. The molecule has 1 N–H and O–H groups in total. The second-order valence-corrected chi connectivity index (χ2v) is 6.21. The largest absolute Gasteiger partial charge is 0.497 e. The van der Waals surface area contributed by atoms with Crippen LogP contribution in [0.3, 0.4) is 0 Å². The molecule has 0 atom stereocenters. The number of nitrogens with one attached hydrogen (secondary N) is 1. The lowest BCUT2D eigenvalue weighted by Gasteiger charge is -2.06. The van der Waals surface area contributed by atoms with Crippen LogP contribution in [0.4, 0.5) is 5.69 Å². The van der Waals surface area contributed by atoms with Gasteiger partial charge in [0.2, 0.25) is 0 Å². The number of carbonyl (C=O) groups is 1. The number of nitriles is 1. The molecule has 3 rings (SSSR count). The summed E-state index contributed by atoms with van der Waals surface area (Å²) < 4.78 is 10.8. The van der Waals surface area contributed by atoms with Crippen LogP contribution in [0.25, 0.3) is 17.4 Å². The highest BCUT2D eigenvalue weighted by molar-refractivity contribution is 6.01. The Labute approximate surface area is 172 Å². The van der Waals surface area contributed by atoms with Crippen molar-refractivity contribution < 1.29 is 18.9 Å². The van der Waals surface area contributed by atoms with Crippen molar-refractivity contribution in [1.82, 2.24) is 5.32 Å². The van der Waals surface area contributed by atoms with E-state index in [1.54, 1.807) is 49.6 Å². The van der Waals surface area contributed by atoms with E-state index in [1.165, 1.54) is 18.2 Å². The third-order valence-electron chi connectivity index (χ3n) is 4.21. The first-order valence-electron chi connectivity index (χ1n) is 8.87. The van der Waals surface area contributed by atoms with Crippen molar-refractivity contribution in [3.63, 3.8) is 0 Å². The molecule has 0 aliphatic rings. The number of nitro groups is 1. The summed E-state index contributed by atoms with van der Waals surface area (Å²) in [5.74, 6) is 0.791. The Morgan fingerprint density at radius 2 is 2.03 bits per heavy atom. The number of non-ortho nitro benzene ring substituents is 1. The van der Waals surface area contributed by atoms with Gasteiger partial charge in [0.05, 0.1) is 12.0 Å². The van der Waals surface area contributed by atoms with Gasteiger partial charge in [-0.05, 0) is 29.8 Å². The Kier molecular flexibility index (Phi) is 6.25. The van der Waals surface area contributed by atoms with Gasteiger partial charge in [-0.2, -0.15) is 5.26 Å². The minimum absolute atomic E-state index is 0.0596. The van der Waals surface area contributed by atoms with Crippen LogP contribution >= 0.6 is 0 Å². The number of nitrogens with zero attached hydrogens (tertiary/aromatic N) is 2. The topological polar surface area (TPSA) is 118 Å². The minimum Gasteiger partial charge on any atom is -0.497 e. The molecule has 0 spiro atoms. The first-order chi connectivity index (χ1) is 14.5. The number of ether oxygens (including phenoxy) is 1. The van der Waals surface area contributed by atoms with Crippen molar-refractivity contribution in [3.05, 3.63) is 87.7 Å². The van der Waals surface area contributed by atoms with Crippen LogP contribution < -0.4 is 10.1 Å². The predicted octanol–water partition coefficient (Wildman–Crippen LogP) is 4.09. The lowest BCUT2D eigenvalue weighted by molar-refractivity contribution is -0.384. The van der Waals surface area contributed by atoms with E-state index in [-0.39, 0.29) is 23.6 Å². The average Bonchev–Trinajstić information content (AvgIpc) is 3.24. The Morgan fingerprint density at radius 3 is 2.77 bits per heavy atom. The van der Waals surface area contributed by atoms with Gasteiger partial charge in [-0.1, -0.05) is 24.3 Å². The van der Waals surface area contributed by atoms with Gasteiger partial charge in [-0.15, -0.1) is 0 Å². The number of methoxy groups -OCH3 is 1. The molecule has 0 fully saturated rings. The van der Waals surface area contributed by atoms with Crippen molar-refractivity contribution in [1.29, 1.82) is 5.26 Å². The van der Waals surface area contributed by atoms with E-state index in [9.17, 15) is 20.2 Å². The first-order valence-corrected chi connectivity index (χ1v) is 8.87. The second-order valence-electron chi connectivity index (χ2n) is 6.21. The summed E-state index contributed by atoms with van der Waals surface area (Å²) in [6.07, 6.45) is 1.32. The Bertz CT molecular complexity index is 1160. The molecule has 150 valence electrons. The Hall–Kier alpha value is -4.38. The lowest BCUT2D eigenvalue weighted by atomic mass is 10.1. The van der Waals surface area contributed by atoms with Crippen molar-refractivity contribution in [2.75, 3.05) is 7.11 Å². The summed E-state index contributed by atoms with van der Waals surface area (Å²) in [6, 6.07) is 18.3. The summed E-state index contributed by atoms with van der Waals surface area (Å²) in [6.45, 7) is 0.228. The van der Waals surface area contributed by atoms with E-state index >= 15 is 0 Å². The standard InChI is InChI=1S/C22H17N3O5/c1-29-19-7-2-4-15(10-19)14-24-22(26)17(13-23)12-20-8-9-21(30-20)16-5-3-6-18(11-16)25(27)28/h2-12H,14H2,1H3,(H,24,26)/b17-12+. The quantitative estimate of drug-likeness (QED) is 0.275. The van der Waals surface area contributed by atoms with E-state index in [0.29, 0.717) is 17.1 Å². The van der Waals surface area contributed by atoms with Crippen LogP contribution in [-0.4, -0.2) is 17.9 Å². The fraction of sp³-hybridized carbons (Fsp3) is 0.0909. The van der Waals surface area contributed by atoms with E-state index < -0.39 is 10.8 Å². The molecular formula is C22H17N3O5. The molecule has 1 heterocycles. The SMILES string of the molecule is COc1cccc(CNC(=O)/C(C#N)=C/c2ccc(-c3cccc([N+](=O)[O-])c3)o2)c1. The number of benzene rings is 2. The van der Waals surface area contributed by atoms with E-state index in [0.717, 1.165) is 5.56 Å². The molecule has 0 aliphatic carbocycles. The molecular weight excluding hydrogens is 386 g/mol. The fourth-order valence-corrected chi connectivity index (χ4v) is 2.71. The monoisotopic (exact) mass is 403 g/mol. The Balaban J connectivity index is 1.73. The van der Waals surface area contributed by atoms with Crippen LogP contribution in [-0.2, 0) is 11.3 Å². The average molecular weight is 403 g/mol. The summed E-state index contributed by atoms with van der Waals surface area (Å²) in [5.41, 5.74) is 1.16. The summed E-state index contributed by atoms with van der Waals surface area (Å²) >= 11 is 0. The molecule has 1 aromatic heterocycles. The molecule has 1 amide bonds. The number of amides is 1. The van der Waals surface area contributed by atoms with Crippen molar-refractivity contribution in [2.45, 2.75) is 6.54 Å². The number of furan rings is 1. The van der Waals surface area contributed by atoms with Gasteiger partial charge in [0.25, 0.3) is 11.6 Å². The fourth-order valence-electron chi connectivity index (χ4n) is 2.71. The molecule has 30 heavy (non-hydrogen) atoms. The third-order valence-corrected chi connectivity index (χ3v) is 4.21. The highest BCUT2D eigenvalue weighted by Crippen LogP contribution is 2.26. The number of hydrogen-bond donors (Lipinski definition) is 1. The highest BCUT2D eigenvalue weighted by atomic mass is 16.6. The van der Waals surface area contributed by atoms with Gasteiger partial charge in [0.1, 0.15) is 28.9 Å². The van der Waals surface area contributed by atoms with Gasteiger partial charge in [-0.3, -0.25) is 14.9 Å². The van der Waals surface area contributed by atoms with Crippen molar-refractivity contribution >= 4 is 17.7 Å². The lowest BCUT2D eigenvalue weighted by Crippen LogP contribution is -2.23.